The molecule has 0 spiro atoms. The molecule has 0 bridgehead atoms. The fourth-order valence-corrected chi connectivity index (χ4v) is 7.26. The third kappa shape index (κ3) is 4.26. The zero-order valence-corrected chi connectivity index (χ0v) is 17.2. The Bertz CT molecular complexity index is 476. The standard InChI is InChI=1S/C10H19NO2P4S2/c1-4-18(12)11-19(13)10-8(16)6(14)5(2)7(15)9(10)17-3/h11,17H,4,14-16H2,1-3H3. The molecule has 108 valence electrons. The smallest absolute Gasteiger partial charge is 0.194 e. The monoisotopic (exact) mass is 373 g/mol. The van der Waals surface area contributed by atoms with Gasteiger partial charge >= 0.3 is 0 Å². The number of hydrogen-bond acceptors (Lipinski definition) is 3. The van der Waals surface area contributed by atoms with Gasteiger partial charge in [0.05, 0.1) is 11.4 Å². The van der Waals surface area contributed by atoms with Crippen LogP contribution in [0.5, 0.6) is 0 Å². The van der Waals surface area contributed by atoms with E-state index in [-0.39, 0.29) is 0 Å². The van der Waals surface area contributed by atoms with E-state index < -0.39 is 22.7 Å². The van der Waals surface area contributed by atoms with Gasteiger partial charge in [0, 0.05) is 14.7 Å². The van der Waals surface area contributed by atoms with E-state index >= 15 is 0 Å². The average molecular weight is 373 g/mol. The van der Waals surface area contributed by atoms with E-state index in [0.29, 0.717) is 14.3 Å². The van der Waals surface area contributed by atoms with Crippen molar-refractivity contribution in [3.63, 3.8) is 0 Å². The van der Waals surface area contributed by atoms with Crippen LogP contribution in [0.2, 0.25) is 0 Å². The Labute approximate surface area is 130 Å². The Morgan fingerprint density at radius 2 is 1.74 bits per heavy atom. The molecular weight excluding hydrogens is 354 g/mol. The highest BCUT2D eigenvalue weighted by molar-refractivity contribution is 8.05. The van der Waals surface area contributed by atoms with Gasteiger partial charge in [0.25, 0.3) is 0 Å². The summed E-state index contributed by atoms with van der Waals surface area (Å²) in [4.78, 5) is 0.744. The molecule has 1 N–H and O–H groups in total. The molecule has 1 rings (SSSR count). The molecule has 0 amide bonds. The molecule has 0 heterocycles. The van der Waals surface area contributed by atoms with Gasteiger partial charge in [0.15, 0.2) is 4.90 Å². The fraction of sp³-hybridized carbons (Fsp3) is 0.400. The normalized spacial score (nSPS) is 15.2. The molecule has 0 fully saturated rings. The minimum absolute atomic E-state index is 0.439. The van der Waals surface area contributed by atoms with Crippen LogP contribution >= 0.6 is 36.3 Å². The lowest BCUT2D eigenvalue weighted by atomic mass is 10.2. The molecule has 3 nitrogen and oxygen atoms in total. The molecule has 0 aliphatic heterocycles. The van der Waals surface area contributed by atoms with Gasteiger partial charge in [-0.2, -0.15) is 0 Å². The number of nitrogens with one attached hydrogen (secondary N) is 1. The van der Waals surface area contributed by atoms with Crippen molar-refractivity contribution in [1.29, 1.82) is 0 Å². The van der Waals surface area contributed by atoms with Crippen LogP contribution in [0.15, 0.2) is 4.90 Å². The van der Waals surface area contributed by atoms with E-state index in [1.54, 1.807) is 6.92 Å². The first kappa shape index (κ1) is 18.6. The molecule has 0 aromatic heterocycles. The Balaban J connectivity index is 3.33. The largest absolute Gasteiger partial charge is 0.595 e. The SMILES string of the molecule is CC[S+]([O-])N[S+]([O-])c1c(P)c(P)c(C)c(P)c1PC. The van der Waals surface area contributed by atoms with Gasteiger partial charge in [-0.1, -0.05) is 17.8 Å². The first-order chi connectivity index (χ1) is 8.84. The maximum Gasteiger partial charge on any atom is 0.194 e. The van der Waals surface area contributed by atoms with Gasteiger partial charge in [-0.25, -0.2) is 0 Å². The molecule has 6 unspecified atom stereocenters. The van der Waals surface area contributed by atoms with E-state index in [0.717, 1.165) is 26.1 Å². The zero-order valence-electron chi connectivity index (χ0n) is 11.1. The number of rotatable bonds is 5. The van der Waals surface area contributed by atoms with Crippen molar-refractivity contribution in [2.45, 2.75) is 18.7 Å². The Kier molecular flexibility index (Phi) is 8.04. The van der Waals surface area contributed by atoms with Crippen molar-refractivity contribution >= 4 is 80.2 Å². The Morgan fingerprint density at radius 3 is 2.21 bits per heavy atom. The van der Waals surface area contributed by atoms with Crippen molar-refractivity contribution in [2.75, 3.05) is 12.4 Å². The van der Waals surface area contributed by atoms with E-state index in [4.69, 9.17) is 0 Å². The highest BCUT2D eigenvalue weighted by Gasteiger charge is 2.27. The summed E-state index contributed by atoms with van der Waals surface area (Å²) in [6.45, 7) is 5.90. The van der Waals surface area contributed by atoms with Crippen LogP contribution in [0.4, 0.5) is 0 Å². The highest BCUT2D eigenvalue weighted by Crippen LogP contribution is 2.18. The van der Waals surface area contributed by atoms with Gasteiger partial charge in [0.1, 0.15) is 17.1 Å². The minimum atomic E-state index is -1.46. The molecule has 0 radical (unpaired) electrons. The molecule has 0 aliphatic carbocycles. The molecule has 1 aromatic carbocycles. The van der Waals surface area contributed by atoms with E-state index in [2.05, 4.69) is 38.5 Å². The van der Waals surface area contributed by atoms with Crippen LogP contribution in [0.1, 0.15) is 12.5 Å². The molecule has 0 saturated carbocycles. The number of hydrogen-bond donors (Lipinski definition) is 1. The lowest BCUT2D eigenvalue weighted by Gasteiger charge is -2.20. The van der Waals surface area contributed by atoms with Crippen molar-refractivity contribution in [1.82, 2.24) is 4.13 Å². The van der Waals surface area contributed by atoms with E-state index in [1.165, 1.54) is 5.56 Å². The fourth-order valence-electron chi connectivity index (χ4n) is 1.54. The zero-order chi connectivity index (χ0) is 14.7. The molecule has 0 aliphatic rings. The van der Waals surface area contributed by atoms with Crippen LogP contribution in [-0.4, -0.2) is 21.5 Å². The van der Waals surface area contributed by atoms with Gasteiger partial charge in [-0.3, -0.25) is 0 Å². The molecule has 0 saturated heterocycles. The minimum Gasteiger partial charge on any atom is -0.595 e. The molecule has 19 heavy (non-hydrogen) atoms. The maximum atomic E-state index is 12.4. The summed E-state index contributed by atoms with van der Waals surface area (Å²) in [7, 11) is 8.60. The lowest BCUT2D eigenvalue weighted by Crippen LogP contribution is -2.42. The van der Waals surface area contributed by atoms with Crippen molar-refractivity contribution in [3.8, 4) is 0 Å². The maximum absolute atomic E-state index is 12.4. The predicted octanol–water partition coefficient (Wildman–Crippen LogP) is -0.274. The molecule has 6 atom stereocenters. The summed E-state index contributed by atoms with van der Waals surface area (Å²) in [5, 5.41) is 4.10. The van der Waals surface area contributed by atoms with Gasteiger partial charge in [-0.05, 0) is 36.7 Å². The van der Waals surface area contributed by atoms with Crippen LogP contribution in [0.25, 0.3) is 0 Å². The van der Waals surface area contributed by atoms with Crippen LogP contribution in [0, 0.1) is 6.92 Å². The number of benzene rings is 1. The van der Waals surface area contributed by atoms with E-state index in [1.807, 2.05) is 6.92 Å². The highest BCUT2D eigenvalue weighted by atomic mass is 32.3. The summed E-state index contributed by atoms with van der Waals surface area (Å²) in [5.41, 5.74) is 1.17. The summed E-state index contributed by atoms with van der Waals surface area (Å²) < 4.78 is 26.6. The second-order valence-corrected chi connectivity index (χ2v) is 9.42. The third-order valence-electron chi connectivity index (χ3n) is 2.71. The molecular formula is C10H19NO2P4S2. The average Bonchev–Trinajstić information content (AvgIpc) is 2.39. The van der Waals surface area contributed by atoms with Crippen LogP contribution in [0.3, 0.4) is 0 Å². The molecule has 9 heteroatoms. The van der Waals surface area contributed by atoms with Crippen molar-refractivity contribution in [2.24, 2.45) is 0 Å². The Morgan fingerprint density at radius 1 is 1.16 bits per heavy atom. The van der Waals surface area contributed by atoms with Gasteiger partial charge in [-0.15, -0.1) is 18.5 Å². The van der Waals surface area contributed by atoms with Gasteiger partial charge < -0.3 is 9.11 Å². The van der Waals surface area contributed by atoms with Crippen LogP contribution in [-0.2, 0) is 22.7 Å². The second kappa shape index (κ2) is 8.23. The molecule has 1 aromatic rings. The summed E-state index contributed by atoms with van der Waals surface area (Å²) >= 11 is -2.72. The predicted molar refractivity (Wildman–Crippen MR) is 101 cm³/mol. The first-order valence-corrected chi connectivity index (χ1v) is 11.3. The first-order valence-electron chi connectivity index (χ1n) is 5.56. The van der Waals surface area contributed by atoms with E-state index in [9.17, 15) is 9.11 Å². The third-order valence-corrected chi connectivity index (χ3v) is 9.47. The van der Waals surface area contributed by atoms with Crippen molar-refractivity contribution in [3.05, 3.63) is 5.56 Å². The summed E-state index contributed by atoms with van der Waals surface area (Å²) in [6.07, 6.45) is 0. The summed E-state index contributed by atoms with van der Waals surface area (Å²) in [5.74, 6) is 0.439. The summed E-state index contributed by atoms with van der Waals surface area (Å²) in [6, 6.07) is 0. The second-order valence-electron chi connectivity index (χ2n) is 3.81. The lowest BCUT2D eigenvalue weighted by molar-refractivity contribution is 0.576. The quantitative estimate of drug-likeness (QED) is 0.571. The van der Waals surface area contributed by atoms with Gasteiger partial charge in [0.2, 0.25) is 0 Å². The van der Waals surface area contributed by atoms with Crippen LogP contribution < -0.4 is 25.3 Å². The topological polar surface area (TPSA) is 58.1 Å². The Hall–Kier alpha value is 1.52. The van der Waals surface area contributed by atoms with Crippen molar-refractivity contribution < 1.29 is 9.11 Å².